The van der Waals surface area contributed by atoms with Crippen molar-refractivity contribution in [2.45, 2.75) is 116 Å². The number of methoxy groups -OCH3 is 1. The smallest absolute Gasteiger partial charge is 0.246 e. The van der Waals surface area contributed by atoms with Crippen molar-refractivity contribution in [1.29, 1.82) is 0 Å². The number of amides is 1. The minimum absolute atomic E-state index is 0.0237. The van der Waals surface area contributed by atoms with E-state index in [-0.39, 0.29) is 46.9 Å². The first-order chi connectivity index (χ1) is 26.5. The van der Waals surface area contributed by atoms with Crippen molar-refractivity contribution in [1.82, 2.24) is 5.32 Å². The molecule has 1 saturated carbocycles. The second-order valence-electron chi connectivity index (χ2n) is 17.3. The Morgan fingerprint density at radius 1 is 1.00 bits per heavy atom. The molecule has 2 aromatic rings. The number of phenols is 1. The van der Waals surface area contributed by atoms with E-state index in [1.807, 2.05) is 71.0 Å². The summed E-state index contributed by atoms with van der Waals surface area (Å²) in [6, 6.07) is 7.69. The fourth-order valence-electron chi connectivity index (χ4n) is 9.54. The predicted octanol–water partition coefficient (Wildman–Crippen LogP) is 8.52. The van der Waals surface area contributed by atoms with Crippen molar-refractivity contribution in [3.63, 3.8) is 0 Å². The lowest BCUT2D eigenvalue weighted by Gasteiger charge is -2.56. The maximum Gasteiger partial charge on any atom is 0.246 e. The average molecular weight is 762 g/mol. The topological polar surface area (TPSA) is 120 Å². The molecule has 4 bridgehead atoms. The molecule has 9 nitrogen and oxygen atoms in total. The molecule has 296 valence electrons. The fraction of sp³-hybridized carbons (Fsp3) is 0.468. The maximum atomic E-state index is 15.0. The quantitative estimate of drug-likeness (QED) is 0.163. The van der Waals surface area contributed by atoms with Gasteiger partial charge in [-0.05, 0) is 111 Å². The van der Waals surface area contributed by atoms with Gasteiger partial charge in [-0.2, -0.15) is 0 Å². The number of ether oxygens (including phenoxy) is 4. The van der Waals surface area contributed by atoms with Gasteiger partial charge in [0.05, 0.1) is 18.3 Å². The molecule has 2 N–H and O–H groups in total. The summed E-state index contributed by atoms with van der Waals surface area (Å²) in [5, 5.41) is 15.0. The number of hydrogen-bond acceptors (Lipinski definition) is 8. The molecule has 1 spiro atoms. The van der Waals surface area contributed by atoms with Crippen LogP contribution in [0.2, 0.25) is 0 Å². The zero-order valence-electron chi connectivity index (χ0n) is 34.2. The molecule has 0 radical (unpaired) electrons. The number of Topliss-reactive ketones (excluding diaryl/α,β-unsaturated/α-hetero) is 2. The molecule has 9 heteroatoms. The van der Waals surface area contributed by atoms with Crippen LogP contribution in [0.5, 0.6) is 23.0 Å². The van der Waals surface area contributed by atoms with Gasteiger partial charge in [0, 0.05) is 41.5 Å². The van der Waals surface area contributed by atoms with Crippen LogP contribution in [0.1, 0.15) is 108 Å². The van der Waals surface area contributed by atoms with E-state index in [4.69, 9.17) is 18.9 Å². The van der Waals surface area contributed by atoms with Crippen LogP contribution < -0.4 is 19.5 Å². The molecular weight excluding hydrogens is 707 g/mol. The van der Waals surface area contributed by atoms with Gasteiger partial charge in [-0.1, -0.05) is 53.6 Å². The number of aromatic hydroxyl groups is 1. The Labute approximate surface area is 330 Å². The van der Waals surface area contributed by atoms with Gasteiger partial charge in [0.1, 0.15) is 34.2 Å². The normalized spacial score (nSPS) is 27.6. The summed E-state index contributed by atoms with van der Waals surface area (Å²) >= 11 is 0. The van der Waals surface area contributed by atoms with E-state index in [0.29, 0.717) is 60.3 Å². The highest BCUT2D eigenvalue weighted by Gasteiger charge is 2.81. The third kappa shape index (κ3) is 6.23. The van der Waals surface area contributed by atoms with Gasteiger partial charge in [0.25, 0.3) is 0 Å². The number of allylic oxidation sites excluding steroid dienone is 5. The van der Waals surface area contributed by atoms with E-state index in [2.05, 4.69) is 31.3 Å². The molecular formula is C47H55NO8. The Balaban J connectivity index is 1.29. The molecule has 5 atom stereocenters. The van der Waals surface area contributed by atoms with Crippen LogP contribution >= 0.6 is 0 Å². The number of nitrogens with one attached hydrogen (secondary N) is 1. The van der Waals surface area contributed by atoms with Crippen LogP contribution in [0.15, 0.2) is 76.9 Å². The molecule has 6 aliphatic rings. The van der Waals surface area contributed by atoms with Gasteiger partial charge >= 0.3 is 0 Å². The van der Waals surface area contributed by atoms with Crippen molar-refractivity contribution in [2.24, 2.45) is 11.8 Å². The average Bonchev–Trinajstić information content (AvgIpc) is 3.30. The van der Waals surface area contributed by atoms with Crippen LogP contribution in [0.25, 0.3) is 6.08 Å². The largest absolute Gasteiger partial charge is 0.506 e. The van der Waals surface area contributed by atoms with E-state index in [0.717, 1.165) is 23.3 Å². The molecule has 3 aliphatic carbocycles. The molecule has 2 aromatic carbocycles. The van der Waals surface area contributed by atoms with Crippen molar-refractivity contribution in [2.75, 3.05) is 13.7 Å². The Bertz CT molecular complexity index is 2160. The second-order valence-corrected chi connectivity index (χ2v) is 17.3. The zero-order chi connectivity index (χ0) is 40.4. The summed E-state index contributed by atoms with van der Waals surface area (Å²) in [6.07, 6.45) is 14.5. The van der Waals surface area contributed by atoms with Crippen LogP contribution in [0.4, 0.5) is 0 Å². The highest BCUT2D eigenvalue weighted by atomic mass is 16.6. The summed E-state index contributed by atoms with van der Waals surface area (Å²) in [4.78, 5) is 43.2. The van der Waals surface area contributed by atoms with Crippen molar-refractivity contribution in [3.05, 3.63) is 99.2 Å². The standard InChI is InChI=1S/C47H55NO8/c1-27(2)13-12-21-45(8)22-19-32-38(49)37-39(50)34-25-31-26-36-44(6,7)56-46(42(31)51,47(34,36)55-41(37)33(40(32)54-45)17-16-28(3)4)23-18-29(5)43(52)48-24-20-30-14-10-11-15-35(30)53-9/h10-11,13-16,18-19,22,25,31,36,49H,12,17,20-21,23-24,26H2,1-9H3,(H,48,52)/b29-18-. The van der Waals surface area contributed by atoms with Crippen LogP contribution in [-0.4, -0.2) is 58.6 Å². The Kier molecular flexibility index (Phi) is 10.0. The number of carbonyl (C=O) groups excluding carboxylic acids is 3. The van der Waals surface area contributed by atoms with Crippen molar-refractivity contribution >= 4 is 23.5 Å². The maximum absolute atomic E-state index is 15.0. The Morgan fingerprint density at radius 2 is 1.73 bits per heavy atom. The Hall–Kier alpha value is -4.89. The van der Waals surface area contributed by atoms with Gasteiger partial charge in [-0.25, -0.2) is 0 Å². The highest BCUT2D eigenvalue weighted by Crippen LogP contribution is 2.68. The van der Waals surface area contributed by atoms with E-state index in [1.54, 1.807) is 26.2 Å². The summed E-state index contributed by atoms with van der Waals surface area (Å²) in [5.41, 5.74) is 0.546. The molecule has 2 fully saturated rings. The molecule has 0 aromatic heterocycles. The van der Waals surface area contributed by atoms with Crippen LogP contribution in [0, 0.1) is 11.8 Å². The van der Waals surface area contributed by atoms with Gasteiger partial charge < -0.3 is 29.4 Å². The zero-order valence-corrected chi connectivity index (χ0v) is 34.2. The van der Waals surface area contributed by atoms with Gasteiger partial charge in [0.2, 0.25) is 5.91 Å². The summed E-state index contributed by atoms with van der Waals surface area (Å²) < 4.78 is 26.5. The number of para-hydroxylation sites is 1. The number of phenolic OH excluding ortho intramolecular Hbond substituents is 1. The number of benzene rings is 2. The summed E-state index contributed by atoms with van der Waals surface area (Å²) in [7, 11) is 1.62. The molecule has 56 heavy (non-hydrogen) atoms. The Morgan fingerprint density at radius 3 is 2.45 bits per heavy atom. The molecule has 8 rings (SSSR count). The first-order valence-corrected chi connectivity index (χ1v) is 19.8. The predicted molar refractivity (Wildman–Crippen MR) is 216 cm³/mol. The lowest BCUT2D eigenvalue weighted by molar-refractivity contribution is -0.171. The second kappa shape index (κ2) is 14.2. The van der Waals surface area contributed by atoms with Crippen LogP contribution in [-0.2, 0) is 27.2 Å². The van der Waals surface area contributed by atoms with Crippen molar-refractivity contribution in [3.8, 4) is 23.0 Å². The number of ketones is 2. The minimum atomic E-state index is -1.60. The van der Waals surface area contributed by atoms with Crippen LogP contribution in [0.3, 0.4) is 0 Å². The lowest BCUT2D eigenvalue weighted by atomic mass is 9.51. The molecule has 5 unspecified atom stereocenters. The lowest BCUT2D eigenvalue weighted by Crippen LogP contribution is -2.72. The first kappa shape index (κ1) is 39.3. The number of hydrogen-bond donors (Lipinski definition) is 2. The molecule has 1 saturated heterocycles. The first-order valence-electron chi connectivity index (χ1n) is 19.8. The van der Waals surface area contributed by atoms with Crippen molar-refractivity contribution < 1.29 is 38.4 Å². The van der Waals surface area contributed by atoms with Gasteiger partial charge in [-0.3, -0.25) is 14.4 Å². The number of carbonyl (C=O) groups is 3. The third-order valence-corrected chi connectivity index (χ3v) is 12.4. The van der Waals surface area contributed by atoms with E-state index in [1.165, 1.54) is 5.57 Å². The SMILES string of the molecule is COc1ccccc1CCNC(=O)/C(C)=C\CC12OC(C)(C)C3CC(C=C4C(=O)c5c(O)c6c(c(CC=C(C)C)c5OC431)OC(C)(CCC=C(C)C)C=C6)C2=O. The molecule has 3 aliphatic heterocycles. The highest BCUT2D eigenvalue weighted by molar-refractivity contribution is 6.19. The van der Waals surface area contributed by atoms with E-state index < -0.39 is 28.3 Å². The minimum Gasteiger partial charge on any atom is -0.506 e. The van der Waals surface area contributed by atoms with Gasteiger partial charge in [-0.15, -0.1) is 0 Å². The summed E-state index contributed by atoms with van der Waals surface area (Å²) in [5.74, 6) is -0.511. The number of fused-ring (bicyclic) bond motifs is 2. The third-order valence-electron chi connectivity index (χ3n) is 12.4. The molecule has 1 amide bonds. The monoisotopic (exact) mass is 761 g/mol. The van der Waals surface area contributed by atoms with E-state index >= 15 is 4.79 Å². The summed E-state index contributed by atoms with van der Waals surface area (Å²) in [6.45, 7) is 16.2. The fourth-order valence-corrected chi connectivity index (χ4v) is 9.54. The molecule has 3 heterocycles. The van der Waals surface area contributed by atoms with E-state index in [9.17, 15) is 14.7 Å². The van der Waals surface area contributed by atoms with Gasteiger partial charge in [0.15, 0.2) is 22.8 Å². The number of rotatable bonds is 12.